The third-order valence-corrected chi connectivity index (χ3v) is 5.06. The molecule has 2 rings (SSSR count). The van der Waals surface area contributed by atoms with Gasteiger partial charge >= 0.3 is 5.97 Å². The molecule has 2 atom stereocenters. The van der Waals surface area contributed by atoms with Crippen LogP contribution < -0.4 is 5.32 Å². The zero-order valence-corrected chi connectivity index (χ0v) is 15.1. The second-order valence-electron chi connectivity index (χ2n) is 5.93. The summed E-state index contributed by atoms with van der Waals surface area (Å²) in [5.41, 5.74) is 0.796. The Morgan fingerprint density at radius 3 is 2.71 bits per heavy atom. The van der Waals surface area contributed by atoms with Gasteiger partial charge in [-0.25, -0.2) is 0 Å². The fourth-order valence-electron chi connectivity index (χ4n) is 2.99. The number of rotatable bonds is 5. The van der Waals surface area contributed by atoms with E-state index in [0.29, 0.717) is 16.6 Å². The Morgan fingerprint density at radius 2 is 2.00 bits per heavy atom. The van der Waals surface area contributed by atoms with Crippen LogP contribution in [-0.4, -0.2) is 25.5 Å². The Morgan fingerprint density at radius 1 is 1.25 bits per heavy atom. The molecule has 0 heterocycles. The van der Waals surface area contributed by atoms with E-state index in [-0.39, 0.29) is 23.7 Å². The second kappa shape index (κ2) is 9.09. The van der Waals surface area contributed by atoms with Crippen LogP contribution in [0.2, 0.25) is 10.0 Å². The van der Waals surface area contributed by atoms with Crippen molar-refractivity contribution in [3.05, 3.63) is 39.9 Å². The van der Waals surface area contributed by atoms with Crippen molar-refractivity contribution in [3.63, 3.8) is 0 Å². The number of ether oxygens (including phenoxy) is 1. The highest BCUT2D eigenvalue weighted by Gasteiger charge is 2.31. The highest BCUT2D eigenvalue weighted by molar-refractivity contribution is 6.42. The first-order chi connectivity index (χ1) is 11.5. The number of hydrogen-bond acceptors (Lipinski definition) is 3. The van der Waals surface area contributed by atoms with E-state index < -0.39 is 0 Å². The molecule has 1 N–H and O–H groups in total. The van der Waals surface area contributed by atoms with E-state index in [1.807, 2.05) is 0 Å². The molecule has 1 fully saturated rings. The summed E-state index contributed by atoms with van der Waals surface area (Å²) in [4.78, 5) is 23.8. The maximum atomic E-state index is 12.0. The molecule has 24 heavy (non-hydrogen) atoms. The van der Waals surface area contributed by atoms with E-state index in [0.717, 1.165) is 31.2 Å². The summed E-state index contributed by atoms with van der Waals surface area (Å²) in [7, 11) is 1.41. The Labute approximate surface area is 152 Å². The smallest absolute Gasteiger partial charge is 0.309 e. The normalized spacial score (nSPS) is 20.8. The van der Waals surface area contributed by atoms with Gasteiger partial charge in [-0.15, -0.1) is 0 Å². The number of esters is 1. The molecular weight excluding hydrogens is 349 g/mol. The molecule has 130 valence electrons. The van der Waals surface area contributed by atoms with E-state index in [4.69, 9.17) is 27.9 Å². The minimum Gasteiger partial charge on any atom is -0.469 e. The summed E-state index contributed by atoms with van der Waals surface area (Å²) in [5, 5.41) is 3.79. The molecule has 0 aromatic heterocycles. The Hall–Kier alpha value is -1.52. The van der Waals surface area contributed by atoms with Gasteiger partial charge in [0, 0.05) is 12.6 Å². The van der Waals surface area contributed by atoms with E-state index in [9.17, 15) is 9.59 Å². The van der Waals surface area contributed by atoms with Crippen LogP contribution in [0, 0.1) is 11.8 Å². The Bertz CT molecular complexity index is 631. The lowest BCUT2D eigenvalue weighted by Gasteiger charge is -2.29. The van der Waals surface area contributed by atoms with E-state index in [2.05, 4.69) is 5.32 Å². The maximum Gasteiger partial charge on any atom is 0.309 e. The molecule has 2 unspecified atom stereocenters. The fraction of sp³-hybridized carbons (Fsp3) is 0.444. The molecule has 1 aliphatic rings. The van der Waals surface area contributed by atoms with Gasteiger partial charge in [-0.3, -0.25) is 9.59 Å². The number of halogens is 2. The molecule has 0 saturated heterocycles. The van der Waals surface area contributed by atoms with Crippen molar-refractivity contribution >= 4 is 41.2 Å². The van der Waals surface area contributed by atoms with Gasteiger partial charge in [0.05, 0.1) is 23.1 Å². The highest BCUT2D eigenvalue weighted by Crippen LogP contribution is 2.30. The molecule has 0 radical (unpaired) electrons. The van der Waals surface area contributed by atoms with Gasteiger partial charge in [0.1, 0.15) is 0 Å². The van der Waals surface area contributed by atoms with Crippen molar-refractivity contribution in [2.24, 2.45) is 11.8 Å². The lowest BCUT2D eigenvalue weighted by Crippen LogP contribution is -2.37. The van der Waals surface area contributed by atoms with Crippen molar-refractivity contribution in [1.29, 1.82) is 0 Å². The number of amides is 1. The minimum atomic E-state index is -0.199. The van der Waals surface area contributed by atoms with Crippen LogP contribution in [0.4, 0.5) is 0 Å². The van der Waals surface area contributed by atoms with Crippen LogP contribution in [0.25, 0.3) is 6.08 Å². The molecule has 1 saturated carbocycles. The van der Waals surface area contributed by atoms with Crippen LogP contribution in [-0.2, 0) is 14.3 Å². The molecule has 1 amide bonds. The Kier molecular flexibility index (Phi) is 7.13. The Balaban J connectivity index is 1.88. The number of benzene rings is 1. The molecule has 1 aliphatic carbocycles. The van der Waals surface area contributed by atoms with Crippen LogP contribution in [0.3, 0.4) is 0 Å². The fourth-order valence-corrected chi connectivity index (χ4v) is 3.30. The first-order valence-corrected chi connectivity index (χ1v) is 8.75. The van der Waals surface area contributed by atoms with Crippen molar-refractivity contribution in [3.8, 4) is 0 Å². The average Bonchev–Trinajstić information content (AvgIpc) is 2.60. The third kappa shape index (κ3) is 5.25. The number of hydrogen-bond donors (Lipinski definition) is 1. The summed E-state index contributed by atoms with van der Waals surface area (Å²) in [6.45, 7) is 0.477. The summed E-state index contributed by atoms with van der Waals surface area (Å²) in [6, 6.07) is 5.17. The van der Waals surface area contributed by atoms with Gasteiger partial charge in [-0.05, 0) is 42.5 Å². The van der Waals surface area contributed by atoms with Crippen LogP contribution in [0.15, 0.2) is 24.3 Å². The van der Waals surface area contributed by atoms with Gasteiger partial charge in [0.25, 0.3) is 0 Å². The SMILES string of the molecule is COC(=O)C1CCCCC1CNC(=O)/C=C/c1ccc(Cl)c(Cl)c1. The molecule has 4 nitrogen and oxygen atoms in total. The second-order valence-corrected chi connectivity index (χ2v) is 6.74. The number of carbonyl (C=O) groups is 2. The summed E-state index contributed by atoms with van der Waals surface area (Å²) < 4.78 is 4.86. The van der Waals surface area contributed by atoms with Gasteiger partial charge in [0.15, 0.2) is 0 Å². The van der Waals surface area contributed by atoms with Crippen LogP contribution >= 0.6 is 23.2 Å². The third-order valence-electron chi connectivity index (χ3n) is 4.32. The van der Waals surface area contributed by atoms with Gasteiger partial charge in [-0.2, -0.15) is 0 Å². The highest BCUT2D eigenvalue weighted by atomic mass is 35.5. The van der Waals surface area contributed by atoms with Crippen molar-refractivity contribution in [2.75, 3.05) is 13.7 Å². The number of methoxy groups -OCH3 is 1. The molecule has 1 aromatic rings. The molecule has 0 bridgehead atoms. The van der Waals surface area contributed by atoms with Crippen LogP contribution in [0.1, 0.15) is 31.2 Å². The lowest BCUT2D eigenvalue weighted by atomic mass is 9.79. The molecular formula is C18H21Cl2NO3. The number of nitrogens with one attached hydrogen (secondary N) is 1. The lowest BCUT2D eigenvalue weighted by molar-refractivity contribution is -0.148. The standard InChI is InChI=1S/C18H21Cl2NO3/c1-24-18(23)14-5-3-2-4-13(14)11-21-17(22)9-7-12-6-8-15(19)16(20)10-12/h6-10,13-14H,2-5,11H2,1H3,(H,21,22)/b9-7+. The topological polar surface area (TPSA) is 55.4 Å². The summed E-state index contributed by atoms with van der Waals surface area (Å²) in [6.07, 6.45) is 6.99. The molecule has 0 spiro atoms. The first kappa shape index (κ1) is 18.8. The first-order valence-electron chi connectivity index (χ1n) is 8.00. The van der Waals surface area contributed by atoms with Crippen molar-refractivity contribution in [1.82, 2.24) is 5.32 Å². The molecule has 0 aliphatic heterocycles. The zero-order chi connectivity index (χ0) is 17.5. The van der Waals surface area contributed by atoms with E-state index >= 15 is 0 Å². The average molecular weight is 370 g/mol. The maximum absolute atomic E-state index is 12.0. The number of carbonyl (C=O) groups excluding carboxylic acids is 2. The molecule has 1 aromatic carbocycles. The minimum absolute atomic E-state index is 0.122. The van der Waals surface area contributed by atoms with Gasteiger partial charge in [0.2, 0.25) is 5.91 Å². The van der Waals surface area contributed by atoms with Gasteiger partial charge in [-0.1, -0.05) is 42.1 Å². The van der Waals surface area contributed by atoms with Crippen molar-refractivity contribution in [2.45, 2.75) is 25.7 Å². The largest absolute Gasteiger partial charge is 0.469 e. The van der Waals surface area contributed by atoms with E-state index in [1.54, 1.807) is 24.3 Å². The van der Waals surface area contributed by atoms with Crippen molar-refractivity contribution < 1.29 is 14.3 Å². The predicted octanol–water partition coefficient (Wildman–Crippen LogP) is 4.10. The summed E-state index contributed by atoms with van der Waals surface area (Å²) >= 11 is 11.8. The zero-order valence-electron chi connectivity index (χ0n) is 13.6. The quantitative estimate of drug-likeness (QED) is 0.627. The molecule has 6 heteroatoms. The summed E-state index contributed by atoms with van der Waals surface area (Å²) in [5.74, 6) is -0.368. The predicted molar refractivity (Wildman–Crippen MR) is 96.0 cm³/mol. The van der Waals surface area contributed by atoms with Crippen LogP contribution in [0.5, 0.6) is 0 Å². The van der Waals surface area contributed by atoms with E-state index in [1.165, 1.54) is 13.2 Å². The van der Waals surface area contributed by atoms with Gasteiger partial charge < -0.3 is 10.1 Å². The monoisotopic (exact) mass is 369 g/mol.